The lowest BCUT2D eigenvalue weighted by Gasteiger charge is -2.26. The number of nitrogens with two attached hydrogens (primary N) is 1. The molecule has 0 fully saturated rings. The first-order chi connectivity index (χ1) is 7.49. The molecule has 0 bridgehead atoms. The van der Waals surface area contributed by atoms with Gasteiger partial charge in [0.05, 0.1) is 0 Å². The standard InChI is InChI=1S/C14H23NS/c1-12(15)11-14(2,3)9-10-16-13-7-5-4-6-8-13/h4-8,12H,9-11,15H2,1-3H3. The van der Waals surface area contributed by atoms with Gasteiger partial charge in [0.1, 0.15) is 0 Å². The Bertz CT molecular complexity index is 293. The summed E-state index contributed by atoms with van der Waals surface area (Å²) in [6.07, 6.45) is 2.32. The van der Waals surface area contributed by atoms with Gasteiger partial charge >= 0.3 is 0 Å². The van der Waals surface area contributed by atoms with E-state index in [1.807, 2.05) is 11.8 Å². The first-order valence-electron chi connectivity index (χ1n) is 5.93. The van der Waals surface area contributed by atoms with Gasteiger partial charge in [-0.25, -0.2) is 0 Å². The van der Waals surface area contributed by atoms with Crippen molar-refractivity contribution < 1.29 is 0 Å². The van der Waals surface area contributed by atoms with Crippen molar-refractivity contribution >= 4 is 11.8 Å². The van der Waals surface area contributed by atoms with Crippen LogP contribution in [0.2, 0.25) is 0 Å². The van der Waals surface area contributed by atoms with Gasteiger partial charge < -0.3 is 5.73 Å². The molecule has 0 saturated carbocycles. The summed E-state index contributed by atoms with van der Waals surface area (Å²) in [5.74, 6) is 1.17. The van der Waals surface area contributed by atoms with Crippen molar-refractivity contribution in [1.29, 1.82) is 0 Å². The van der Waals surface area contributed by atoms with E-state index in [1.54, 1.807) is 0 Å². The summed E-state index contributed by atoms with van der Waals surface area (Å²) >= 11 is 1.93. The second kappa shape index (κ2) is 6.31. The molecule has 0 aliphatic rings. The topological polar surface area (TPSA) is 26.0 Å². The van der Waals surface area contributed by atoms with Crippen LogP contribution < -0.4 is 5.73 Å². The first-order valence-corrected chi connectivity index (χ1v) is 6.92. The van der Waals surface area contributed by atoms with Gasteiger partial charge in [0.15, 0.2) is 0 Å². The maximum atomic E-state index is 5.85. The first kappa shape index (κ1) is 13.6. The van der Waals surface area contributed by atoms with Crippen LogP contribution in [-0.4, -0.2) is 11.8 Å². The largest absolute Gasteiger partial charge is 0.328 e. The molecule has 1 nitrogen and oxygen atoms in total. The molecule has 1 rings (SSSR count). The van der Waals surface area contributed by atoms with E-state index >= 15 is 0 Å². The van der Waals surface area contributed by atoms with E-state index in [1.165, 1.54) is 17.1 Å². The molecular weight excluding hydrogens is 214 g/mol. The highest BCUT2D eigenvalue weighted by atomic mass is 32.2. The number of rotatable bonds is 6. The molecule has 0 heterocycles. The highest BCUT2D eigenvalue weighted by Crippen LogP contribution is 2.30. The normalized spacial score (nSPS) is 13.8. The Morgan fingerprint density at radius 2 is 1.88 bits per heavy atom. The highest BCUT2D eigenvalue weighted by Gasteiger charge is 2.19. The molecule has 0 aliphatic heterocycles. The fraction of sp³-hybridized carbons (Fsp3) is 0.571. The van der Waals surface area contributed by atoms with Crippen molar-refractivity contribution in [3.05, 3.63) is 30.3 Å². The summed E-state index contributed by atoms with van der Waals surface area (Å²) in [5, 5.41) is 0. The van der Waals surface area contributed by atoms with Crippen molar-refractivity contribution in [1.82, 2.24) is 0 Å². The van der Waals surface area contributed by atoms with Crippen molar-refractivity contribution in [2.75, 3.05) is 5.75 Å². The van der Waals surface area contributed by atoms with E-state index in [0.717, 1.165) is 6.42 Å². The summed E-state index contributed by atoms with van der Waals surface area (Å²) in [4.78, 5) is 1.36. The van der Waals surface area contributed by atoms with Crippen LogP contribution in [0, 0.1) is 5.41 Å². The molecule has 90 valence electrons. The van der Waals surface area contributed by atoms with Crippen LogP contribution in [-0.2, 0) is 0 Å². The van der Waals surface area contributed by atoms with Crippen LogP contribution in [0.4, 0.5) is 0 Å². The van der Waals surface area contributed by atoms with E-state index in [2.05, 4.69) is 51.1 Å². The minimum absolute atomic E-state index is 0.303. The molecule has 1 aromatic rings. The third-order valence-electron chi connectivity index (χ3n) is 2.67. The van der Waals surface area contributed by atoms with E-state index in [-0.39, 0.29) is 0 Å². The van der Waals surface area contributed by atoms with E-state index in [9.17, 15) is 0 Å². The molecular formula is C14H23NS. The average molecular weight is 237 g/mol. The molecule has 1 unspecified atom stereocenters. The molecule has 16 heavy (non-hydrogen) atoms. The molecule has 2 heteroatoms. The second-order valence-electron chi connectivity index (χ2n) is 5.26. The summed E-state index contributed by atoms with van der Waals surface area (Å²) in [6, 6.07) is 10.9. The predicted octanol–water partition coefficient (Wildman–Crippen LogP) is 3.93. The van der Waals surface area contributed by atoms with Gasteiger partial charge in [-0.15, -0.1) is 11.8 Å². The van der Waals surface area contributed by atoms with Gasteiger partial charge in [0.2, 0.25) is 0 Å². The quantitative estimate of drug-likeness (QED) is 0.759. The SMILES string of the molecule is CC(N)CC(C)(C)CCSc1ccccc1. The Balaban J connectivity index is 2.30. The summed E-state index contributed by atoms with van der Waals surface area (Å²) < 4.78 is 0. The smallest absolute Gasteiger partial charge is 0.00719 e. The van der Waals surface area contributed by atoms with Crippen molar-refractivity contribution in [2.45, 2.75) is 44.6 Å². The van der Waals surface area contributed by atoms with Crippen LogP contribution in [0.3, 0.4) is 0 Å². The highest BCUT2D eigenvalue weighted by molar-refractivity contribution is 7.99. The third-order valence-corrected chi connectivity index (χ3v) is 3.68. The van der Waals surface area contributed by atoms with Crippen LogP contribution >= 0.6 is 11.8 Å². The van der Waals surface area contributed by atoms with E-state index in [4.69, 9.17) is 5.73 Å². The van der Waals surface area contributed by atoms with E-state index in [0.29, 0.717) is 11.5 Å². The van der Waals surface area contributed by atoms with Gasteiger partial charge in [0.25, 0.3) is 0 Å². The van der Waals surface area contributed by atoms with Gasteiger partial charge in [-0.05, 0) is 43.1 Å². The molecule has 2 N–H and O–H groups in total. The lowest BCUT2D eigenvalue weighted by atomic mass is 9.84. The Labute approximate surface area is 104 Å². The average Bonchev–Trinajstić information content (AvgIpc) is 2.16. The van der Waals surface area contributed by atoms with Gasteiger partial charge in [-0.3, -0.25) is 0 Å². The Hall–Kier alpha value is -0.470. The Morgan fingerprint density at radius 1 is 1.25 bits per heavy atom. The van der Waals surface area contributed by atoms with Crippen LogP contribution in [0.5, 0.6) is 0 Å². The monoisotopic (exact) mass is 237 g/mol. The second-order valence-corrected chi connectivity index (χ2v) is 6.43. The maximum absolute atomic E-state index is 5.85. The van der Waals surface area contributed by atoms with Gasteiger partial charge in [-0.2, -0.15) is 0 Å². The van der Waals surface area contributed by atoms with Crippen LogP contribution in [0.1, 0.15) is 33.6 Å². The maximum Gasteiger partial charge on any atom is 0.00719 e. The van der Waals surface area contributed by atoms with Gasteiger partial charge in [-0.1, -0.05) is 32.0 Å². The molecule has 0 amide bonds. The van der Waals surface area contributed by atoms with Crippen LogP contribution in [0.25, 0.3) is 0 Å². The molecule has 0 spiro atoms. The van der Waals surface area contributed by atoms with Crippen molar-refractivity contribution in [3.63, 3.8) is 0 Å². The summed E-state index contributed by atoms with van der Waals surface area (Å²) in [6.45, 7) is 6.70. The van der Waals surface area contributed by atoms with Gasteiger partial charge in [0, 0.05) is 10.9 Å². The molecule has 1 aromatic carbocycles. The predicted molar refractivity (Wildman–Crippen MR) is 73.8 cm³/mol. The minimum Gasteiger partial charge on any atom is -0.328 e. The molecule has 0 aliphatic carbocycles. The zero-order valence-electron chi connectivity index (χ0n) is 10.6. The number of thioether (sulfide) groups is 1. The summed E-state index contributed by atoms with van der Waals surface area (Å²) in [7, 11) is 0. The van der Waals surface area contributed by atoms with Crippen molar-refractivity contribution in [2.24, 2.45) is 11.1 Å². The summed E-state index contributed by atoms with van der Waals surface area (Å²) in [5.41, 5.74) is 6.21. The fourth-order valence-electron chi connectivity index (χ4n) is 1.94. The Kier molecular flexibility index (Phi) is 5.36. The minimum atomic E-state index is 0.303. The number of benzene rings is 1. The lowest BCUT2D eigenvalue weighted by molar-refractivity contribution is 0.303. The van der Waals surface area contributed by atoms with Crippen molar-refractivity contribution in [3.8, 4) is 0 Å². The molecule has 0 aromatic heterocycles. The number of hydrogen-bond donors (Lipinski definition) is 1. The zero-order valence-corrected chi connectivity index (χ0v) is 11.4. The fourth-order valence-corrected chi connectivity index (χ4v) is 3.18. The van der Waals surface area contributed by atoms with Crippen LogP contribution in [0.15, 0.2) is 35.2 Å². The Morgan fingerprint density at radius 3 is 2.44 bits per heavy atom. The van der Waals surface area contributed by atoms with E-state index < -0.39 is 0 Å². The lowest BCUT2D eigenvalue weighted by Crippen LogP contribution is -2.25. The molecule has 1 atom stereocenters. The molecule has 0 saturated heterocycles. The zero-order chi connectivity index (χ0) is 12.0. The third kappa shape index (κ3) is 5.57. The molecule has 0 radical (unpaired) electrons. The number of hydrogen-bond acceptors (Lipinski definition) is 2.